The van der Waals surface area contributed by atoms with Crippen LogP contribution in [0.5, 0.6) is 0 Å². The van der Waals surface area contributed by atoms with Gasteiger partial charge in [0.05, 0.1) is 27.7 Å². The lowest BCUT2D eigenvalue weighted by atomic mass is 10.1. The molecule has 0 saturated heterocycles. The molecule has 4 rings (SSSR count). The molecule has 3 amide bonds. The van der Waals surface area contributed by atoms with E-state index in [0.717, 1.165) is 43.1 Å². The third-order valence-corrected chi connectivity index (χ3v) is 6.08. The summed E-state index contributed by atoms with van der Waals surface area (Å²) in [5, 5.41) is 5.10. The van der Waals surface area contributed by atoms with Gasteiger partial charge in [0.15, 0.2) is 0 Å². The van der Waals surface area contributed by atoms with Crippen LogP contribution in [0.1, 0.15) is 59.3 Å². The summed E-state index contributed by atoms with van der Waals surface area (Å²) in [6.45, 7) is 0. The summed E-state index contributed by atoms with van der Waals surface area (Å²) in [7, 11) is 0. The molecule has 9 heteroatoms. The van der Waals surface area contributed by atoms with Crippen LogP contribution in [0.25, 0.3) is 0 Å². The summed E-state index contributed by atoms with van der Waals surface area (Å²) in [5.41, 5.74) is 1.95. The third-order valence-electron chi connectivity index (χ3n) is 4.55. The Morgan fingerprint density at radius 1 is 1.11 bits per heavy atom. The van der Waals surface area contributed by atoms with E-state index in [1.165, 1.54) is 12.4 Å². The predicted molar refractivity (Wildman–Crippen MR) is 107 cm³/mol. The summed E-state index contributed by atoms with van der Waals surface area (Å²) in [4.78, 5) is 33.3. The fourth-order valence-electron chi connectivity index (χ4n) is 2.89. The zero-order valence-corrected chi connectivity index (χ0v) is 17.0. The number of carbonyl (C=O) groups excluding carboxylic acids is 2. The number of nitrogens with one attached hydrogen (secondary N) is 2. The fourth-order valence-corrected chi connectivity index (χ4v) is 3.50. The number of hydrogen-bond donors (Lipinski definition) is 2. The number of urea groups is 1. The van der Waals surface area contributed by atoms with E-state index >= 15 is 0 Å². The van der Waals surface area contributed by atoms with Crippen molar-refractivity contribution in [1.29, 1.82) is 0 Å². The van der Waals surface area contributed by atoms with Crippen molar-refractivity contribution in [3.8, 4) is 0 Å². The molecule has 1 aromatic heterocycles. The zero-order chi connectivity index (χ0) is 19.1. The highest BCUT2D eigenvalue weighted by atomic mass is 127. The number of benzene rings is 1. The maximum absolute atomic E-state index is 14.0. The highest BCUT2D eigenvalue weighted by Crippen LogP contribution is 2.48. The van der Waals surface area contributed by atoms with Gasteiger partial charge in [-0.1, -0.05) is 11.6 Å². The monoisotopic (exact) mass is 500 g/mol. The van der Waals surface area contributed by atoms with Gasteiger partial charge in [0.25, 0.3) is 5.91 Å². The van der Waals surface area contributed by atoms with E-state index in [2.05, 4.69) is 20.6 Å². The van der Waals surface area contributed by atoms with Gasteiger partial charge in [0.1, 0.15) is 12.1 Å². The van der Waals surface area contributed by atoms with E-state index < -0.39 is 17.8 Å². The van der Waals surface area contributed by atoms with Crippen LogP contribution in [-0.4, -0.2) is 21.9 Å². The Bertz CT molecular complexity index is 917. The topological polar surface area (TPSA) is 84.0 Å². The van der Waals surface area contributed by atoms with E-state index in [0.29, 0.717) is 21.1 Å². The van der Waals surface area contributed by atoms with Crippen LogP contribution in [0.15, 0.2) is 18.5 Å². The molecule has 0 spiro atoms. The van der Waals surface area contributed by atoms with Gasteiger partial charge >= 0.3 is 6.03 Å². The Labute approximate surface area is 173 Å². The van der Waals surface area contributed by atoms with Gasteiger partial charge in [0.2, 0.25) is 0 Å². The summed E-state index contributed by atoms with van der Waals surface area (Å²) in [6, 6.07) is 1.62. The van der Waals surface area contributed by atoms with Crippen LogP contribution < -0.4 is 10.6 Å². The summed E-state index contributed by atoms with van der Waals surface area (Å²) in [5.74, 6) is -0.998. The van der Waals surface area contributed by atoms with Crippen molar-refractivity contribution in [2.75, 3.05) is 5.32 Å². The lowest BCUT2D eigenvalue weighted by Gasteiger charge is -2.14. The number of amides is 3. The minimum absolute atomic E-state index is 0.207. The zero-order valence-electron chi connectivity index (χ0n) is 14.1. The molecule has 2 aliphatic rings. The Balaban J connectivity index is 1.53. The molecule has 1 aromatic carbocycles. The Morgan fingerprint density at radius 3 is 2.26 bits per heavy atom. The summed E-state index contributed by atoms with van der Waals surface area (Å²) < 4.78 is 14.5. The molecule has 0 radical (unpaired) electrons. The van der Waals surface area contributed by atoms with Gasteiger partial charge in [-0.25, -0.2) is 19.2 Å². The molecule has 0 aliphatic heterocycles. The first-order valence-electron chi connectivity index (χ1n) is 8.55. The molecule has 6 nitrogen and oxygen atoms in total. The minimum atomic E-state index is -0.836. The normalized spacial score (nSPS) is 16.1. The average Bonchev–Trinajstić information content (AvgIpc) is 3.51. The molecular formula is C18H15ClFIN4O2. The van der Waals surface area contributed by atoms with E-state index in [-0.39, 0.29) is 10.6 Å². The second kappa shape index (κ2) is 7.31. The number of imide groups is 1. The fraction of sp³-hybridized carbons (Fsp3) is 0.333. The van der Waals surface area contributed by atoms with Gasteiger partial charge in [-0.2, -0.15) is 0 Å². The van der Waals surface area contributed by atoms with Gasteiger partial charge in [0, 0.05) is 15.4 Å². The van der Waals surface area contributed by atoms with Gasteiger partial charge < -0.3 is 5.32 Å². The standard InChI is InChI=1S/C18H15ClFIN4O2/c19-11-6-12(20)10(5-13(11)21)17(26)25-18(27)24-16-14(8-1-2-8)22-7-23-15(16)9-3-4-9/h5-9H,1-4H2,(H2,24,25,26,27). The lowest BCUT2D eigenvalue weighted by Crippen LogP contribution is -2.35. The maximum Gasteiger partial charge on any atom is 0.326 e. The Kier molecular flexibility index (Phi) is 5.02. The van der Waals surface area contributed by atoms with E-state index in [1.54, 1.807) is 0 Å². The van der Waals surface area contributed by atoms with Gasteiger partial charge in [-0.15, -0.1) is 0 Å². The van der Waals surface area contributed by atoms with Gasteiger partial charge in [-0.05, 0) is 60.4 Å². The second-order valence-corrected chi connectivity index (χ2v) is 8.29. The minimum Gasteiger partial charge on any atom is -0.304 e. The largest absolute Gasteiger partial charge is 0.326 e. The molecule has 0 atom stereocenters. The molecule has 2 saturated carbocycles. The second-order valence-electron chi connectivity index (χ2n) is 6.72. The molecule has 27 heavy (non-hydrogen) atoms. The molecular weight excluding hydrogens is 486 g/mol. The third kappa shape index (κ3) is 4.06. The molecule has 2 aromatic rings. The van der Waals surface area contributed by atoms with Crippen molar-refractivity contribution < 1.29 is 14.0 Å². The smallest absolute Gasteiger partial charge is 0.304 e. The number of nitrogens with zero attached hydrogens (tertiary/aromatic N) is 2. The van der Waals surface area contributed by atoms with Crippen molar-refractivity contribution in [3.63, 3.8) is 0 Å². The lowest BCUT2D eigenvalue weighted by molar-refractivity contribution is 0.0963. The van der Waals surface area contributed by atoms with Crippen molar-refractivity contribution in [1.82, 2.24) is 15.3 Å². The summed E-state index contributed by atoms with van der Waals surface area (Å²) in [6.07, 6.45) is 5.60. The number of halogens is 3. The van der Waals surface area contributed by atoms with Crippen molar-refractivity contribution in [2.45, 2.75) is 37.5 Å². The molecule has 2 fully saturated rings. The SMILES string of the molecule is O=C(NC(=O)c1cc(I)c(Cl)cc1F)Nc1c(C2CC2)ncnc1C1CC1. The maximum atomic E-state index is 14.0. The van der Waals surface area contributed by atoms with Crippen LogP contribution >= 0.6 is 34.2 Å². The van der Waals surface area contributed by atoms with Crippen molar-refractivity contribution in [3.05, 3.63) is 49.8 Å². The quantitative estimate of drug-likeness (QED) is 0.475. The number of rotatable bonds is 4. The predicted octanol–water partition coefficient (Wildman–Crippen LogP) is 4.59. The highest BCUT2D eigenvalue weighted by molar-refractivity contribution is 14.1. The van der Waals surface area contributed by atoms with Crippen LogP contribution in [-0.2, 0) is 0 Å². The molecule has 1 heterocycles. The first kappa shape index (κ1) is 18.5. The van der Waals surface area contributed by atoms with Crippen LogP contribution in [0, 0.1) is 9.39 Å². The Hall–Kier alpha value is -1.81. The molecule has 0 unspecified atom stereocenters. The van der Waals surface area contributed by atoms with Crippen molar-refractivity contribution in [2.24, 2.45) is 0 Å². The molecule has 2 aliphatic carbocycles. The number of hydrogen-bond acceptors (Lipinski definition) is 4. The number of anilines is 1. The molecule has 140 valence electrons. The van der Waals surface area contributed by atoms with E-state index in [9.17, 15) is 14.0 Å². The number of aromatic nitrogens is 2. The van der Waals surface area contributed by atoms with Gasteiger partial charge in [-0.3, -0.25) is 10.1 Å². The first-order valence-corrected chi connectivity index (χ1v) is 10.0. The van der Waals surface area contributed by atoms with Crippen LogP contribution in [0.4, 0.5) is 14.9 Å². The first-order chi connectivity index (χ1) is 12.9. The Morgan fingerprint density at radius 2 is 1.70 bits per heavy atom. The van der Waals surface area contributed by atoms with Crippen molar-refractivity contribution >= 4 is 51.8 Å². The number of carbonyl (C=O) groups is 2. The summed E-state index contributed by atoms with van der Waals surface area (Å²) >= 11 is 7.73. The average molecular weight is 501 g/mol. The van der Waals surface area contributed by atoms with E-state index in [4.69, 9.17) is 11.6 Å². The van der Waals surface area contributed by atoms with Crippen LogP contribution in [0.3, 0.4) is 0 Å². The van der Waals surface area contributed by atoms with E-state index in [1.807, 2.05) is 22.6 Å². The molecule has 2 N–H and O–H groups in total. The highest BCUT2D eigenvalue weighted by Gasteiger charge is 2.35. The van der Waals surface area contributed by atoms with Crippen LogP contribution in [0.2, 0.25) is 5.02 Å². The molecule has 0 bridgehead atoms.